The molecule has 38 heavy (non-hydrogen) atoms. The third kappa shape index (κ3) is 6.27. The van der Waals surface area contributed by atoms with Crippen LogP contribution < -0.4 is 16.2 Å². The van der Waals surface area contributed by atoms with Crippen molar-refractivity contribution in [3.63, 3.8) is 0 Å². The summed E-state index contributed by atoms with van der Waals surface area (Å²) in [5, 5.41) is 13.3. The van der Waals surface area contributed by atoms with Gasteiger partial charge in [0, 0.05) is 5.75 Å². The van der Waals surface area contributed by atoms with Gasteiger partial charge in [0.2, 0.25) is 0 Å². The predicted molar refractivity (Wildman–Crippen MR) is 157 cm³/mol. The van der Waals surface area contributed by atoms with E-state index in [2.05, 4.69) is 69.8 Å². The van der Waals surface area contributed by atoms with Crippen LogP contribution in [0.1, 0.15) is 36.1 Å². The highest BCUT2D eigenvalue weighted by molar-refractivity contribution is 7.99. The first-order chi connectivity index (χ1) is 18.7. The molecule has 2 aromatic heterocycles. The molecule has 0 saturated carbocycles. The summed E-state index contributed by atoms with van der Waals surface area (Å²) in [7, 11) is 0. The summed E-state index contributed by atoms with van der Waals surface area (Å²) in [6.45, 7) is 2.70. The van der Waals surface area contributed by atoms with E-state index in [1.807, 2.05) is 54.6 Å². The highest BCUT2D eigenvalue weighted by atomic mass is 32.2. The van der Waals surface area contributed by atoms with Crippen molar-refractivity contribution in [2.24, 2.45) is 0 Å². The van der Waals surface area contributed by atoms with E-state index in [1.165, 1.54) is 0 Å². The van der Waals surface area contributed by atoms with Crippen molar-refractivity contribution in [3.8, 4) is 0 Å². The number of hydrogen-bond donors (Lipinski definition) is 3. The highest BCUT2D eigenvalue weighted by Crippen LogP contribution is 2.24. The van der Waals surface area contributed by atoms with Gasteiger partial charge in [-0.3, -0.25) is 10.9 Å². The monoisotopic (exact) mass is 540 g/mol. The zero-order valence-electron chi connectivity index (χ0n) is 20.9. The minimum Gasteiger partial charge on any atom is -0.350 e. The van der Waals surface area contributed by atoms with Crippen molar-refractivity contribution < 1.29 is 0 Å². The second-order valence-corrected chi connectivity index (χ2v) is 10.1. The molecule has 0 amide bonds. The molecule has 0 radical (unpaired) electrons. The molecule has 0 unspecified atom stereocenters. The van der Waals surface area contributed by atoms with E-state index in [1.54, 1.807) is 16.4 Å². The van der Waals surface area contributed by atoms with Crippen molar-refractivity contribution in [1.82, 2.24) is 35.7 Å². The smallest absolute Gasteiger partial charge is 0.191 e. The minimum absolute atomic E-state index is 0.118. The van der Waals surface area contributed by atoms with E-state index in [9.17, 15) is 0 Å². The Balaban J connectivity index is 1.37. The number of hydrogen-bond acceptors (Lipinski definition) is 7. The van der Waals surface area contributed by atoms with Crippen molar-refractivity contribution in [2.75, 3.05) is 11.2 Å². The normalized spacial score (nSPS) is 11.0. The van der Waals surface area contributed by atoms with Gasteiger partial charge in [0.1, 0.15) is 0 Å². The van der Waals surface area contributed by atoms with E-state index in [4.69, 9.17) is 22.2 Å². The van der Waals surface area contributed by atoms with Crippen LogP contribution in [0.25, 0.3) is 11.2 Å². The van der Waals surface area contributed by atoms with Gasteiger partial charge in [-0.25, -0.2) is 14.6 Å². The van der Waals surface area contributed by atoms with Gasteiger partial charge in [-0.1, -0.05) is 115 Å². The van der Waals surface area contributed by atoms with Crippen molar-refractivity contribution in [3.05, 3.63) is 108 Å². The summed E-state index contributed by atoms with van der Waals surface area (Å²) in [6.07, 6.45) is 1.02. The Morgan fingerprint density at radius 2 is 1.53 bits per heavy atom. The molecule has 0 fully saturated rings. The summed E-state index contributed by atoms with van der Waals surface area (Å²) < 4.78 is 1.80. The van der Waals surface area contributed by atoms with E-state index < -0.39 is 0 Å². The highest BCUT2D eigenvalue weighted by Gasteiger charge is 2.18. The second kappa shape index (κ2) is 12.5. The van der Waals surface area contributed by atoms with Crippen LogP contribution in [-0.2, 0) is 6.54 Å². The first kappa shape index (κ1) is 25.6. The lowest BCUT2D eigenvalue weighted by molar-refractivity contribution is 0.661. The third-order valence-electron chi connectivity index (χ3n) is 5.79. The number of fused-ring (bicyclic) bond motifs is 1. The molecule has 10 heteroatoms. The van der Waals surface area contributed by atoms with Crippen LogP contribution in [0.15, 0.2) is 96.2 Å². The van der Waals surface area contributed by atoms with Gasteiger partial charge in [-0.05, 0) is 35.3 Å². The molecule has 3 N–H and O–H groups in total. The number of benzene rings is 3. The predicted octanol–water partition coefficient (Wildman–Crippen LogP) is 5.35. The Labute approximate surface area is 231 Å². The fourth-order valence-corrected chi connectivity index (χ4v) is 4.84. The standard InChI is InChI=1S/C28H28N8S2/c1-2-18-38-28-30-25(24-26(31-28)36(35-32-24)19-20-12-6-3-7-13-20)33-34-27(37)29-23(21-14-8-4-9-15-21)22-16-10-5-11-17-22/h3-17,23H,2,18-19H2,1H3,(H2,29,34,37)(H,30,31,33). The maximum absolute atomic E-state index is 5.67. The molecule has 2 heterocycles. The van der Waals surface area contributed by atoms with Crippen molar-refractivity contribution >= 4 is 46.1 Å². The average molecular weight is 541 g/mol. The van der Waals surface area contributed by atoms with E-state index >= 15 is 0 Å². The van der Waals surface area contributed by atoms with Gasteiger partial charge in [-0.2, -0.15) is 0 Å². The number of anilines is 1. The Kier molecular flexibility index (Phi) is 8.42. The Morgan fingerprint density at radius 3 is 2.16 bits per heavy atom. The summed E-state index contributed by atoms with van der Waals surface area (Å²) in [6, 6.07) is 30.4. The van der Waals surface area contributed by atoms with Gasteiger partial charge in [0.15, 0.2) is 27.3 Å². The molecule has 192 valence electrons. The Hall–Kier alpha value is -4.02. The van der Waals surface area contributed by atoms with E-state index in [-0.39, 0.29) is 6.04 Å². The summed E-state index contributed by atoms with van der Waals surface area (Å²) >= 11 is 7.27. The topological polar surface area (TPSA) is 92.6 Å². The number of thioether (sulfide) groups is 1. The fraction of sp³-hybridized carbons (Fsp3) is 0.179. The van der Waals surface area contributed by atoms with E-state index in [0.717, 1.165) is 28.9 Å². The molecule has 5 aromatic rings. The zero-order chi connectivity index (χ0) is 26.2. The number of aromatic nitrogens is 5. The average Bonchev–Trinajstić information content (AvgIpc) is 3.37. The quantitative estimate of drug-likeness (QED) is 0.0938. The number of nitrogens with one attached hydrogen (secondary N) is 3. The Morgan fingerprint density at radius 1 is 0.895 bits per heavy atom. The molecule has 0 atom stereocenters. The second-order valence-electron chi connectivity index (χ2n) is 8.59. The molecule has 0 bridgehead atoms. The Bertz CT molecular complexity index is 1440. The first-order valence-corrected chi connectivity index (χ1v) is 13.8. The van der Waals surface area contributed by atoms with Crippen LogP contribution in [0.3, 0.4) is 0 Å². The van der Waals surface area contributed by atoms with Gasteiger partial charge < -0.3 is 5.32 Å². The van der Waals surface area contributed by atoms with Crippen LogP contribution in [-0.4, -0.2) is 35.8 Å². The summed E-state index contributed by atoms with van der Waals surface area (Å²) in [4.78, 5) is 9.46. The van der Waals surface area contributed by atoms with Gasteiger partial charge >= 0.3 is 0 Å². The zero-order valence-corrected chi connectivity index (χ0v) is 22.5. The molecule has 0 aliphatic rings. The molecule has 0 aliphatic carbocycles. The lowest BCUT2D eigenvalue weighted by Crippen LogP contribution is -2.41. The van der Waals surface area contributed by atoms with Crippen LogP contribution in [0.5, 0.6) is 0 Å². The molecule has 5 rings (SSSR count). The van der Waals surface area contributed by atoms with Crippen LogP contribution in [0.2, 0.25) is 0 Å². The number of nitrogens with zero attached hydrogens (tertiary/aromatic N) is 5. The minimum atomic E-state index is -0.118. The lowest BCUT2D eigenvalue weighted by atomic mass is 9.99. The van der Waals surface area contributed by atoms with Crippen LogP contribution in [0.4, 0.5) is 5.82 Å². The maximum Gasteiger partial charge on any atom is 0.191 e. The number of hydrazine groups is 1. The molecule has 0 spiro atoms. The SMILES string of the molecule is CCCSc1nc(NNC(=S)NC(c2ccccc2)c2ccccc2)c2nnn(Cc3ccccc3)c2n1. The van der Waals surface area contributed by atoms with Gasteiger partial charge in [-0.15, -0.1) is 5.10 Å². The molecular weight excluding hydrogens is 512 g/mol. The van der Waals surface area contributed by atoms with Crippen LogP contribution in [0, 0.1) is 0 Å². The summed E-state index contributed by atoms with van der Waals surface area (Å²) in [5.74, 6) is 1.43. The number of rotatable bonds is 10. The van der Waals surface area contributed by atoms with Gasteiger partial charge in [0.25, 0.3) is 0 Å². The molecule has 8 nitrogen and oxygen atoms in total. The first-order valence-electron chi connectivity index (χ1n) is 12.4. The largest absolute Gasteiger partial charge is 0.350 e. The fourth-order valence-electron chi connectivity index (χ4n) is 3.98. The van der Waals surface area contributed by atoms with Gasteiger partial charge in [0.05, 0.1) is 12.6 Å². The third-order valence-corrected chi connectivity index (χ3v) is 7.06. The summed E-state index contributed by atoms with van der Waals surface area (Å²) in [5.41, 5.74) is 10.8. The molecule has 3 aromatic carbocycles. The number of thiocarbonyl (C=S) groups is 1. The molecular formula is C28H28N8S2. The molecule has 0 saturated heterocycles. The maximum atomic E-state index is 5.67. The molecule has 0 aliphatic heterocycles. The van der Waals surface area contributed by atoms with E-state index in [0.29, 0.717) is 33.8 Å². The lowest BCUT2D eigenvalue weighted by Gasteiger charge is -2.22. The van der Waals surface area contributed by atoms with Crippen LogP contribution >= 0.6 is 24.0 Å². The van der Waals surface area contributed by atoms with Crippen molar-refractivity contribution in [2.45, 2.75) is 31.1 Å². The van der Waals surface area contributed by atoms with Crippen molar-refractivity contribution in [1.29, 1.82) is 0 Å².